The highest BCUT2D eigenvalue weighted by atomic mass is 32.2. The molecular formula is C11H16O2S. The molecule has 0 aliphatic heterocycles. The molecule has 0 amide bonds. The van der Waals surface area contributed by atoms with Crippen molar-refractivity contribution in [3.63, 3.8) is 0 Å². The summed E-state index contributed by atoms with van der Waals surface area (Å²) in [5.74, 6) is 1.28. The zero-order valence-electron chi connectivity index (χ0n) is 8.31. The summed E-state index contributed by atoms with van der Waals surface area (Å²) in [6, 6.07) is 9.60. The van der Waals surface area contributed by atoms with Crippen molar-refractivity contribution in [3.05, 3.63) is 35.9 Å². The fourth-order valence-corrected chi connectivity index (χ4v) is 2.05. The van der Waals surface area contributed by atoms with Gasteiger partial charge in [-0.05, 0) is 12.5 Å². The number of hydrogen-bond acceptors (Lipinski definition) is 3. The van der Waals surface area contributed by atoms with Gasteiger partial charge in [0.05, 0.1) is 12.2 Å². The number of hydrogen-bond donors (Lipinski definition) is 2. The Morgan fingerprint density at radius 1 is 1.29 bits per heavy atom. The maximum atomic E-state index is 10.1. The molecule has 0 spiro atoms. The molecule has 0 fully saturated rings. The first kappa shape index (κ1) is 11.6. The van der Waals surface area contributed by atoms with Gasteiger partial charge >= 0.3 is 0 Å². The van der Waals surface area contributed by atoms with E-state index in [2.05, 4.69) is 0 Å². The van der Waals surface area contributed by atoms with Gasteiger partial charge in [0.15, 0.2) is 0 Å². The van der Waals surface area contributed by atoms with E-state index < -0.39 is 5.60 Å². The van der Waals surface area contributed by atoms with Crippen LogP contribution < -0.4 is 0 Å². The second kappa shape index (κ2) is 5.39. The zero-order chi connectivity index (χ0) is 10.4. The van der Waals surface area contributed by atoms with Gasteiger partial charge in [-0.15, -0.1) is 0 Å². The molecule has 1 unspecified atom stereocenters. The Bertz CT molecular complexity index is 259. The van der Waals surface area contributed by atoms with Gasteiger partial charge in [-0.3, -0.25) is 0 Å². The SMILES string of the molecule is CC(O)(CSCCO)c1ccccc1. The first-order valence-corrected chi connectivity index (χ1v) is 5.79. The minimum Gasteiger partial charge on any atom is -0.396 e. The summed E-state index contributed by atoms with van der Waals surface area (Å²) in [7, 11) is 0. The second-order valence-corrected chi connectivity index (χ2v) is 4.52. The number of rotatable bonds is 5. The first-order valence-electron chi connectivity index (χ1n) is 4.63. The van der Waals surface area contributed by atoms with Crippen molar-refractivity contribution < 1.29 is 10.2 Å². The molecule has 3 heteroatoms. The van der Waals surface area contributed by atoms with E-state index in [1.807, 2.05) is 30.3 Å². The molecule has 1 rings (SSSR count). The average Bonchev–Trinajstić information content (AvgIpc) is 2.19. The lowest BCUT2D eigenvalue weighted by atomic mass is 9.99. The van der Waals surface area contributed by atoms with Crippen LogP contribution in [0.1, 0.15) is 12.5 Å². The van der Waals surface area contributed by atoms with E-state index >= 15 is 0 Å². The molecule has 14 heavy (non-hydrogen) atoms. The van der Waals surface area contributed by atoms with Crippen molar-refractivity contribution in [2.45, 2.75) is 12.5 Å². The molecule has 78 valence electrons. The van der Waals surface area contributed by atoms with Crippen LogP contribution in [0.25, 0.3) is 0 Å². The zero-order valence-corrected chi connectivity index (χ0v) is 9.13. The van der Waals surface area contributed by atoms with Crippen LogP contribution in [0.4, 0.5) is 0 Å². The normalized spacial score (nSPS) is 15.1. The monoisotopic (exact) mass is 212 g/mol. The maximum Gasteiger partial charge on any atom is 0.0958 e. The summed E-state index contributed by atoms with van der Waals surface area (Å²) < 4.78 is 0. The molecule has 0 saturated carbocycles. The van der Waals surface area contributed by atoms with Crippen LogP contribution in [0.15, 0.2) is 30.3 Å². The largest absolute Gasteiger partial charge is 0.396 e. The van der Waals surface area contributed by atoms with Crippen molar-refractivity contribution in [2.75, 3.05) is 18.1 Å². The molecule has 0 aromatic heterocycles. The van der Waals surface area contributed by atoms with E-state index in [4.69, 9.17) is 5.11 Å². The number of aliphatic hydroxyl groups excluding tert-OH is 1. The molecule has 1 aromatic carbocycles. The van der Waals surface area contributed by atoms with Crippen LogP contribution in [-0.2, 0) is 5.60 Å². The molecule has 0 saturated heterocycles. The molecule has 0 aliphatic rings. The van der Waals surface area contributed by atoms with Crippen LogP contribution in [0.3, 0.4) is 0 Å². The molecule has 0 heterocycles. The van der Waals surface area contributed by atoms with Crippen molar-refractivity contribution in [1.82, 2.24) is 0 Å². The molecule has 0 radical (unpaired) electrons. The summed E-state index contributed by atoms with van der Waals surface area (Å²) in [6.45, 7) is 1.96. The Hall–Kier alpha value is -0.510. The summed E-state index contributed by atoms with van der Waals surface area (Å²) in [5, 5.41) is 18.7. The predicted molar refractivity (Wildman–Crippen MR) is 60.4 cm³/mol. The smallest absolute Gasteiger partial charge is 0.0958 e. The van der Waals surface area contributed by atoms with E-state index in [9.17, 15) is 5.11 Å². The minimum atomic E-state index is -0.804. The first-order chi connectivity index (χ1) is 6.67. The standard InChI is InChI=1S/C11H16O2S/c1-11(13,9-14-8-7-12)10-5-3-2-4-6-10/h2-6,12-13H,7-9H2,1H3. The van der Waals surface area contributed by atoms with Gasteiger partial charge in [-0.2, -0.15) is 11.8 Å². The van der Waals surface area contributed by atoms with Gasteiger partial charge in [-0.1, -0.05) is 30.3 Å². The Kier molecular flexibility index (Phi) is 4.45. The van der Waals surface area contributed by atoms with Crippen molar-refractivity contribution in [3.8, 4) is 0 Å². The average molecular weight is 212 g/mol. The molecule has 2 nitrogen and oxygen atoms in total. The second-order valence-electron chi connectivity index (χ2n) is 3.42. The van der Waals surface area contributed by atoms with Crippen LogP contribution in [-0.4, -0.2) is 28.3 Å². The number of aliphatic hydroxyl groups is 2. The molecular weight excluding hydrogens is 196 g/mol. The van der Waals surface area contributed by atoms with Gasteiger partial charge in [0, 0.05) is 11.5 Å². The molecule has 1 atom stereocenters. The Morgan fingerprint density at radius 2 is 1.93 bits per heavy atom. The van der Waals surface area contributed by atoms with E-state index in [1.54, 1.807) is 18.7 Å². The van der Waals surface area contributed by atoms with E-state index in [0.29, 0.717) is 11.5 Å². The fourth-order valence-electron chi connectivity index (χ4n) is 1.22. The lowest BCUT2D eigenvalue weighted by molar-refractivity contribution is 0.0839. The number of thioether (sulfide) groups is 1. The van der Waals surface area contributed by atoms with E-state index in [0.717, 1.165) is 5.56 Å². The van der Waals surface area contributed by atoms with Gasteiger partial charge in [0.2, 0.25) is 0 Å². The van der Waals surface area contributed by atoms with Crippen LogP contribution in [0.2, 0.25) is 0 Å². The lowest BCUT2D eigenvalue weighted by Crippen LogP contribution is -2.24. The lowest BCUT2D eigenvalue weighted by Gasteiger charge is -2.23. The predicted octanol–water partition coefficient (Wildman–Crippen LogP) is 1.62. The van der Waals surface area contributed by atoms with Crippen molar-refractivity contribution >= 4 is 11.8 Å². The van der Waals surface area contributed by atoms with Crippen LogP contribution in [0.5, 0.6) is 0 Å². The highest BCUT2D eigenvalue weighted by molar-refractivity contribution is 7.99. The van der Waals surface area contributed by atoms with Gasteiger partial charge in [-0.25, -0.2) is 0 Å². The van der Waals surface area contributed by atoms with E-state index in [1.165, 1.54) is 0 Å². The number of benzene rings is 1. The molecule has 1 aromatic rings. The summed E-state index contributed by atoms with van der Waals surface area (Å²) >= 11 is 1.56. The van der Waals surface area contributed by atoms with E-state index in [-0.39, 0.29) is 6.61 Å². The highest BCUT2D eigenvalue weighted by Crippen LogP contribution is 2.24. The molecule has 0 aliphatic carbocycles. The third-order valence-corrected chi connectivity index (χ3v) is 3.25. The van der Waals surface area contributed by atoms with Crippen LogP contribution >= 0.6 is 11.8 Å². The third kappa shape index (κ3) is 3.33. The molecule has 0 bridgehead atoms. The van der Waals surface area contributed by atoms with Crippen molar-refractivity contribution in [2.24, 2.45) is 0 Å². The van der Waals surface area contributed by atoms with Gasteiger partial charge in [0.25, 0.3) is 0 Å². The summed E-state index contributed by atoms with van der Waals surface area (Å²) in [6.07, 6.45) is 0. The Balaban J connectivity index is 2.56. The maximum absolute atomic E-state index is 10.1. The Morgan fingerprint density at radius 3 is 2.50 bits per heavy atom. The summed E-state index contributed by atoms with van der Waals surface area (Å²) in [5.41, 5.74) is 0.117. The topological polar surface area (TPSA) is 40.5 Å². The molecule has 2 N–H and O–H groups in total. The highest BCUT2D eigenvalue weighted by Gasteiger charge is 2.22. The van der Waals surface area contributed by atoms with Gasteiger partial charge < -0.3 is 10.2 Å². The van der Waals surface area contributed by atoms with Gasteiger partial charge in [0.1, 0.15) is 0 Å². The quantitative estimate of drug-likeness (QED) is 0.729. The van der Waals surface area contributed by atoms with Crippen LogP contribution in [0, 0.1) is 0 Å². The Labute approximate surface area is 89.0 Å². The summed E-state index contributed by atoms with van der Waals surface area (Å²) in [4.78, 5) is 0. The van der Waals surface area contributed by atoms with Crippen molar-refractivity contribution in [1.29, 1.82) is 0 Å². The minimum absolute atomic E-state index is 0.162. The third-order valence-electron chi connectivity index (χ3n) is 2.01. The fraction of sp³-hybridized carbons (Fsp3) is 0.455.